The van der Waals surface area contributed by atoms with Crippen molar-refractivity contribution in [1.29, 1.82) is 0 Å². The van der Waals surface area contributed by atoms with Gasteiger partial charge < -0.3 is 15.0 Å². The molecule has 1 aromatic heterocycles. The molecule has 5 rings (SSSR count). The standard InChI is InChI=1S/C27H29FN4O3/c1-4-32-18(3)22(17(2)30-32)14-29-25(33)15-31-24-8-6-5-7-21(24)23-13-27(23,26(31)34)16-35-20-11-9-19(28)10-12-20/h5-12,23H,4,13-16H2,1-3H3,(H,29,33)/t23-,27+/m0/s1. The summed E-state index contributed by atoms with van der Waals surface area (Å²) < 4.78 is 21.1. The highest BCUT2D eigenvalue weighted by molar-refractivity contribution is 6.07. The van der Waals surface area contributed by atoms with Crippen molar-refractivity contribution in [2.75, 3.05) is 18.1 Å². The molecule has 35 heavy (non-hydrogen) atoms. The average Bonchev–Trinajstić information content (AvgIpc) is 3.54. The number of amides is 2. The molecule has 2 amide bonds. The van der Waals surface area contributed by atoms with E-state index in [2.05, 4.69) is 10.4 Å². The summed E-state index contributed by atoms with van der Waals surface area (Å²) in [7, 11) is 0. The first-order valence-electron chi connectivity index (χ1n) is 11.9. The lowest BCUT2D eigenvalue weighted by atomic mass is 9.92. The van der Waals surface area contributed by atoms with E-state index in [4.69, 9.17) is 4.74 Å². The number of carbonyl (C=O) groups is 2. The third-order valence-corrected chi connectivity index (χ3v) is 7.25. The SMILES string of the molecule is CCn1nc(C)c(CNC(=O)CN2C(=O)[C@@]3(COc4ccc(F)cc4)C[C@H]3c3ccccc32)c1C. The second kappa shape index (κ2) is 8.83. The maximum atomic E-state index is 13.7. The molecule has 7 nitrogen and oxygen atoms in total. The van der Waals surface area contributed by atoms with E-state index >= 15 is 0 Å². The van der Waals surface area contributed by atoms with E-state index in [1.165, 1.54) is 12.1 Å². The molecule has 0 unspecified atom stereocenters. The molecule has 2 atom stereocenters. The highest BCUT2D eigenvalue weighted by Crippen LogP contribution is 2.65. The van der Waals surface area contributed by atoms with Gasteiger partial charge in [-0.25, -0.2) is 4.39 Å². The Balaban J connectivity index is 1.32. The molecule has 1 saturated carbocycles. The number of ether oxygens (including phenoxy) is 1. The largest absolute Gasteiger partial charge is 0.492 e. The maximum Gasteiger partial charge on any atom is 0.240 e. The van der Waals surface area contributed by atoms with Crippen LogP contribution in [0.25, 0.3) is 0 Å². The zero-order valence-electron chi connectivity index (χ0n) is 20.2. The van der Waals surface area contributed by atoms with Gasteiger partial charge >= 0.3 is 0 Å². The Kier molecular flexibility index (Phi) is 5.83. The monoisotopic (exact) mass is 476 g/mol. The summed E-state index contributed by atoms with van der Waals surface area (Å²) in [5.74, 6) is -0.112. The van der Waals surface area contributed by atoms with Gasteiger partial charge in [0.05, 0.1) is 11.1 Å². The van der Waals surface area contributed by atoms with Crippen molar-refractivity contribution in [3.63, 3.8) is 0 Å². The number of rotatable bonds is 8. The van der Waals surface area contributed by atoms with E-state index in [-0.39, 0.29) is 36.7 Å². The third-order valence-electron chi connectivity index (χ3n) is 7.25. The number of benzene rings is 2. The van der Waals surface area contributed by atoms with E-state index in [1.807, 2.05) is 49.7 Å². The molecule has 0 saturated heterocycles. The second-order valence-corrected chi connectivity index (χ2v) is 9.35. The van der Waals surface area contributed by atoms with Crippen LogP contribution in [-0.2, 0) is 22.7 Å². The molecule has 2 aromatic carbocycles. The average molecular weight is 477 g/mol. The summed E-state index contributed by atoms with van der Waals surface area (Å²) >= 11 is 0. The summed E-state index contributed by atoms with van der Waals surface area (Å²) in [5, 5.41) is 7.47. The van der Waals surface area contributed by atoms with Crippen LogP contribution in [0.3, 0.4) is 0 Å². The normalized spacial score (nSPS) is 20.3. The Morgan fingerprint density at radius 1 is 1.20 bits per heavy atom. The lowest BCUT2D eigenvalue weighted by Gasteiger charge is -2.33. The Bertz CT molecular complexity index is 1290. The second-order valence-electron chi connectivity index (χ2n) is 9.35. The quantitative estimate of drug-likeness (QED) is 0.536. The van der Waals surface area contributed by atoms with Gasteiger partial charge in [0.15, 0.2) is 0 Å². The molecule has 8 heteroatoms. The van der Waals surface area contributed by atoms with Gasteiger partial charge in [0, 0.05) is 36.0 Å². The Morgan fingerprint density at radius 3 is 2.66 bits per heavy atom. The van der Waals surface area contributed by atoms with Gasteiger partial charge in [-0.2, -0.15) is 5.10 Å². The van der Waals surface area contributed by atoms with Crippen molar-refractivity contribution in [3.05, 3.63) is 76.9 Å². The Hall–Kier alpha value is -3.68. The van der Waals surface area contributed by atoms with Crippen molar-refractivity contribution >= 4 is 17.5 Å². The highest BCUT2D eigenvalue weighted by Gasteiger charge is 2.66. The van der Waals surface area contributed by atoms with Gasteiger partial charge in [0.1, 0.15) is 24.7 Å². The molecule has 0 radical (unpaired) electrons. The van der Waals surface area contributed by atoms with Crippen LogP contribution in [0, 0.1) is 25.1 Å². The minimum Gasteiger partial charge on any atom is -0.492 e. The fraction of sp³-hybridized carbons (Fsp3) is 0.370. The number of nitrogens with one attached hydrogen (secondary N) is 1. The first-order valence-corrected chi connectivity index (χ1v) is 11.9. The van der Waals surface area contributed by atoms with Crippen LogP contribution in [0.15, 0.2) is 48.5 Å². The van der Waals surface area contributed by atoms with E-state index in [1.54, 1.807) is 17.0 Å². The molecule has 1 aliphatic heterocycles. The van der Waals surface area contributed by atoms with Crippen LogP contribution in [0.2, 0.25) is 0 Å². The predicted molar refractivity (Wildman–Crippen MR) is 130 cm³/mol. The topological polar surface area (TPSA) is 76.5 Å². The summed E-state index contributed by atoms with van der Waals surface area (Å²) in [4.78, 5) is 28.2. The van der Waals surface area contributed by atoms with E-state index in [0.717, 1.165) is 34.7 Å². The van der Waals surface area contributed by atoms with Crippen LogP contribution in [-0.4, -0.2) is 34.7 Å². The molecular formula is C27H29FN4O3. The Morgan fingerprint density at radius 2 is 1.94 bits per heavy atom. The molecule has 1 fully saturated rings. The number of halogens is 1. The summed E-state index contributed by atoms with van der Waals surface area (Å²) in [6, 6.07) is 13.5. The van der Waals surface area contributed by atoms with Crippen LogP contribution in [0.4, 0.5) is 10.1 Å². The first-order chi connectivity index (χ1) is 16.8. The van der Waals surface area contributed by atoms with E-state index in [0.29, 0.717) is 18.7 Å². The number of carbonyl (C=O) groups excluding carboxylic acids is 2. The van der Waals surface area contributed by atoms with Crippen molar-refractivity contribution in [2.24, 2.45) is 5.41 Å². The minimum atomic E-state index is -0.710. The number of anilines is 1. The van der Waals surface area contributed by atoms with E-state index in [9.17, 15) is 14.0 Å². The molecule has 0 spiro atoms. The number of fused-ring (bicyclic) bond motifs is 3. The first kappa shape index (κ1) is 23.1. The zero-order valence-corrected chi connectivity index (χ0v) is 20.2. The van der Waals surface area contributed by atoms with Crippen LogP contribution in [0.1, 0.15) is 41.8 Å². The predicted octanol–water partition coefficient (Wildman–Crippen LogP) is 3.87. The molecule has 2 heterocycles. The van der Waals surface area contributed by atoms with Crippen molar-refractivity contribution in [1.82, 2.24) is 15.1 Å². The Labute approximate surface area is 203 Å². The van der Waals surface area contributed by atoms with Gasteiger partial charge in [-0.1, -0.05) is 18.2 Å². The maximum absolute atomic E-state index is 13.7. The van der Waals surface area contributed by atoms with Crippen LogP contribution < -0.4 is 15.0 Å². The van der Waals surface area contributed by atoms with Gasteiger partial charge in [-0.3, -0.25) is 14.3 Å². The molecule has 3 aromatic rings. The van der Waals surface area contributed by atoms with Crippen LogP contribution in [0.5, 0.6) is 5.75 Å². The van der Waals surface area contributed by atoms with Gasteiger partial charge in [-0.15, -0.1) is 0 Å². The van der Waals surface area contributed by atoms with Gasteiger partial charge in [0.25, 0.3) is 0 Å². The lowest BCUT2D eigenvalue weighted by Crippen LogP contribution is -2.48. The molecule has 1 N–H and O–H groups in total. The van der Waals surface area contributed by atoms with E-state index < -0.39 is 5.41 Å². The number of hydrogen-bond donors (Lipinski definition) is 1. The summed E-state index contributed by atoms with van der Waals surface area (Å²) in [5.41, 5.74) is 4.04. The highest BCUT2D eigenvalue weighted by atomic mass is 19.1. The van der Waals surface area contributed by atoms with Crippen molar-refractivity contribution in [2.45, 2.75) is 46.2 Å². The number of nitrogens with zero attached hydrogens (tertiary/aromatic N) is 3. The molecular weight excluding hydrogens is 447 g/mol. The summed E-state index contributed by atoms with van der Waals surface area (Å²) in [6.07, 6.45) is 0.663. The number of aromatic nitrogens is 2. The number of aryl methyl sites for hydroxylation is 2. The molecule has 182 valence electrons. The fourth-order valence-electron chi connectivity index (χ4n) is 5.16. The number of para-hydroxylation sites is 1. The summed E-state index contributed by atoms with van der Waals surface area (Å²) in [6.45, 7) is 7.20. The smallest absolute Gasteiger partial charge is 0.240 e. The zero-order chi connectivity index (χ0) is 24.7. The van der Waals surface area contributed by atoms with Gasteiger partial charge in [0.2, 0.25) is 11.8 Å². The minimum absolute atomic E-state index is 0.0520. The van der Waals surface area contributed by atoms with Crippen LogP contribution >= 0.6 is 0 Å². The third kappa shape index (κ3) is 4.07. The molecule has 2 aliphatic rings. The molecule has 0 bridgehead atoms. The number of hydrogen-bond acceptors (Lipinski definition) is 4. The van der Waals surface area contributed by atoms with Gasteiger partial charge in [-0.05, 0) is 63.1 Å². The lowest BCUT2D eigenvalue weighted by molar-refractivity contribution is -0.128. The van der Waals surface area contributed by atoms with Crippen molar-refractivity contribution in [3.8, 4) is 5.75 Å². The van der Waals surface area contributed by atoms with Crippen molar-refractivity contribution < 1.29 is 18.7 Å². The molecule has 1 aliphatic carbocycles. The fourth-order valence-corrected chi connectivity index (χ4v) is 5.16.